The second kappa shape index (κ2) is 12.2. The van der Waals surface area contributed by atoms with Crippen LogP contribution in [0, 0.1) is 87.3 Å². The first-order valence-corrected chi connectivity index (χ1v) is 13.3. The van der Waals surface area contributed by atoms with E-state index in [0.717, 1.165) is 11.8 Å². The number of fused-ring (bicyclic) bond motifs is 3. The Morgan fingerprint density at radius 3 is 1.39 bits per heavy atom. The maximum atomic E-state index is 3.82. The molecule has 31 heavy (non-hydrogen) atoms. The smallest absolute Gasteiger partial charge is 0.0221 e. The van der Waals surface area contributed by atoms with Crippen LogP contribution in [-0.4, -0.2) is 0 Å². The average Bonchev–Trinajstić information content (AvgIpc) is 2.98. The zero-order valence-corrected chi connectivity index (χ0v) is 22.7. The van der Waals surface area contributed by atoms with Gasteiger partial charge in [-0.3, -0.25) is 0 Å². The molecule has 3 aliphatic carbocycles. The van der Waals surface area contributed by atoms with Crippen LogP contribution in [0.5, 0.6) is 0 Å². The van der Waals surface area contributed by atoms with Crippen molar-refractivity contribution in [2.45, 2.75) is 82.5 Å². The molecule has 0 bridgehead atoms. The van der Waals surface area contributed by atoms with Gasteiger partial charge >= 0.3 is 0 Å². The molecule has 0 atom stereocenters. The van der Waals surface area contributed by atoms with E-state index in [4.69, 9.17) is 0 Å². The van der Waals surface area contributed by atoms with Gasteiger partial charge in [0.15, 0.2) is 0 Å². The summed E-state index contributed by atoms with van der Waals surface area (Å²) in [6.07, 6.45) is 17.0. The minimum Gasteiger partial charge on any atom is -0.0533 e. The molecule has 0 N–H and O–H groups in total. The van der Waals surface area contributed by atoms with Gasteiger partial charge in [-0.25, -0.2) is 0 Å². The maximum absolute atomic E-state index is 3.82. The molecule has 0 saturated heterocycles. The van der Waals surface area contributed by atoms with Crippen molar-refractivity contribution >= 4 is 31.9 Å². The van der Waals surface area contributed by atoms with Crippen molar-refractivity contribution in [2.24, 2.45) is 11.8 Å². The number of benzene rings is 2. The van der Waals surface area contributed by atoms with Crippen molar-refractivity contribution in [3.05, 3.63) is 56.5 Å². The van der Waals surface area contributed by atoms with Gasteiger partial charge in [0, 0.05) is 89.8 Å². The van der Waals surface area contributed by atoms with E-state index < -0.39 is 0 Å². The molecule has 2 saturated carbocycles. The van der Waals surface area contributed by atoms with Gasteiger partial charge in [0.25, 0.3) is 0 Å². The molecule has 5 rings (SSSR count). The van der Waals surface area contributed by atoms with Crippen molar-refractivity contribution in [3.8, 4) is 11.1 Å². The van der Waals surface area contributed by atoms with E-state index in [9.17, 15) is 0 Å². The van der Waals surface area contributed by atoms with Crippen LogP contribution >= 0.6 is 31.9 Å². The van der Waals surface area contributed by atoms with Gasteiger partial charge in [-0.1, -0.05) is 108 Å². The predicted molar refractivity (Wildman–Crippen MR) is 130 cm³/mol. The molecule has 0 amide bonds. The van der Waals surface area contributed by atoms with E-state index in [1.165, 1.54) is 97.1 Å². The van der Waals surface area contributed by atoms with E-state index in [1.807, 2.05) is 0 Å². The number of hydrogen-bond acceptors (Lipinski definition) is 0. The summed E-state index contributed by atoms with van der Waals surface area (Å²) < 4.78 is 2.47. The van der Waals surface area contributed by atoms with Gasteiger partial charge in [-0.05, 0) is 71.2 Å². The predicted octanol–water partition coefficient (Wildman–Crippen LogP) is 9.42. The summed E-state index contributed by atoms with van der Waals surface area (Å²) in [5, 5.41) is 0. The fourth-order valence-electron chi connectivity index (χ4n) is 6.73. The molecule has 3 aliphatic rings. The van der Waals surface area contributed by atoms with Crippen LogP contribution in [-0.2, 0) is 5.41 Å². The standard InChI is InChI=1S/C27H32Br2.2Ar/c28-21-11-13-23-24-14-12-22(29)16-26(24)27(25(23)15-21,17-19-7-3-1-4-8-19)18-20-9-5-2-6-10-20;;/h11-16,19-20H,1-10,17-18H2;;. The molecule has 4 heteroatoms. The summed E-state index contributed by atoms with van der Waals surface area (Å²) in [5.74, 6) is 1.76. The van der Waals surface area contributed by atoms with Crippen LogP contribution in [0.25, 0.3) is 11.1 Å². The molecule has 2 aromatic carbocycles. The van der Waals surface area contributed by atoms with Crippen LogP contribution in [0.2, 0.25) is 0 Å². The Labute approximate surface area is 265 Å². The van der Waals surface area contributed by atoms with Crippen LogP contribution in [0.4, 0.5) is 0 Å². The van der Waals surface area contributed by atoms with Crippen LogP contribution in [0.15, 0.2) is 45.3 Å². The normalized spacial score (nSPS) is 20.3. The molecule has 0 radical (unpaired) electrons. The molecule has 0 nitrogen and oxygen atoms in total. The van der Waals surface area contributed by atoms with Gasteiger partial charge in [-0.15, -0.1) is 0 Å². The molecule has 0 aromatic heterocycles. The number of rotatable bonds is 4. The maximum Gasteiger partial charge on any atom is 0.0221 e. The zero-order chi connectivity index (χ0) is 19.8. The first-order valence-electron chi connectivity index (χ1n) is 11.8. The quantitative estimate of drug-likeness (QED) is 0.330. The Balaban J connectivity index is 0.00000136. The molecular weight excluding hydrogens is 564 g/mol. The minimum atomic E-state index is 0. The summed E-state index contributed by atoms with van der Waals surface area (Å²) in [7, 11) is 0. The molecule has 0 spiro atoms. The molecule has 0 unspecified atom stereocenters. The molecule has 0 aliphatic heterocycles. The zero-order valence-electron chi connectivity index (χ0n) is 18.1. The molecule has 2 aromatic rings. The SMILES string of the molecule is Brc1ccc2c(c1)C(CC1CCCCC1)(CC1CCCCC1)c1cc(Br)ccc1-2.[Ar].[Ar]. The van der Waals surface area contributed by atoms with Crippen molar-refractivity contribution in [1.82, 2.24) is 0 Å². The van der Waals surface area contributed by atoms with Crippen LogP contribution in [0.1, 0.15) is 88.2 Å². The van der Waals surface area contributed by atoms with Crippen molar-refractivity contribution in [3.63, 3.8) is 0 Å². The summed E-state index contributed by atoms with van der Waals surface area (Å²) in [4.78, 5) is 0. The molecular formula is C27H32Ar2Br2. The first-order chi connectivity index (χ1) is 14.2. The van der Waals surface area contributed by atoms with Crippen molar-refractivity contribution in [2.75, 3.05) is 0 Å². The van der Waals surface area contributed by atoms with Crippen LogP contribution in [0.3, 0.4) is 0 Å². The monoisotopic (exact) mass is 594 g/mol. The van der Waals surface area contributed by atoms with Gasteiger partial charge in [-0.2, -0.15) is 0 Å². The number of halogens is 2. The van der Waals surface area contributed by atoms with Crippen molar-refractivity contribution in [1.29, 1.82) is 0 Å². The van der Waals surface area contributed by atoms with E-state index in [2.05, 4.69) is 68.3 Å². The summed E-state index contributed by atoms with van der Waals surface area (Å²) in [6.45, 7) is 0. The third kappa shape index (κ3) is 5.84. The third-order valence-corrected chi connectivity index (χ3v) is 8.99. The molecule has 2 fully saturated rings. The largest absolute Gasteiger partial charge is 0.0533 e. The summed E-state index contributed by atoms with van der Waals surface area (Å²) in [5.41, 5.74) is 6.39. The third-order valence-electron chi connectivity index (χ3n) is 8.01. The summed E-state index contributed by atoms with van der Waals surface area (Å²) >= 11 is 7.63. The Bertz CT molecular complexity index is 809. The number of hydrogen-bond donors (Lipinski definition) is 0. The van der Waals surface area contributed by atoms with E-state index in [0.29, 0.717) is 0 Å². The Kier molecular flexibility index (Phi) is 10.9. The van der Waals surface area contributed by atoms with E-state index in [-0.39, 0.29) is 80.9 Å². The van der Waals surface area contributed by atoms with E-state index >= 15 is 0 Å². The van der Waals surface area contributed by atoms with Crippen LogP contribution < -0.4 is 0 Å². The van der Waals surface area contributed by atoms with Gasteiger partial charge in [0.2, 0.25) is 0 Å². The van der Waals surface area contributed by atoms with E-state index in [1.54, 1.807) is 11.1 Å². The Hall–Kier alpha value is 1.92. The minimum absolute atomic E-state index is 0. The second-order valence-corrected chi connectivity index (χ2v) is 11.7. The Morgan fingerprint density at radius 2 is 1.00 bits per heavy atom. The molecule has 170 valence electrons. The Morgan fingerprint density at radius 1 is 0.613 bits per heavy atom. The van der Waals surface area contributed by atoms with Crippen molar-refractivity contribution < 1.29 is 75.5 Å². The van der Waals surface area contributed by atoms with Gasteiger partial charge in [0.05, 0.1) is 0 Å². The average molecular weight is 596 g/mol. The second-order valence-electron chi connectivity index (χ2n) is 9.88. The van der Waals surface area contributed by atoms with Gasteiger partial charge < -0.3 is 0 Å². The fraction of sp³-hybridized carbons (Fsp3) is 0.556. The topological polar surface area (TPSA) is 0 Å². The van der Waals surface area contributed by atoms with Gasteiger partial charge in [0.1, 0.15) is 0 Å². The molecule has 0 heterocycles. The first kappa shape index (κ1) is 27.5. The summed E-state index contributed by atoms with van der Waals surface area (Å²) in [6, 6.07) is 14.2. The fourth-order valence-corrected chi connectivity index (χ4v) is 7.45.